The molecule has 1 aromatic heterocycles. The van der Waals surface area contributed by atoms with E-state index < -0.39 is 33.5 Å². The van der Waals surface area contributed by atoms with Crippen molar-refractivity contribution in [2.24, 2.45) is 11.8 Å². The summed E-state index contributed by atoms with van der Waals surface area (Å²) in [5.41, 5.74) is 3.26. The minimum atomic E-state index is -4.13. The van der Waals surface area contributed by atoms with Gasteiger partial charge in [0.05, 0.1) is 42.5 Å². The van der Waals surface area contributed by atoms with Crippen LogP contribution in [0.2, 0.25) is 0 Å². The van der Waals surface area contributed by atoms with Gasteiger partial charge in [0, 0.05) is 63.0 Å². The lowest BCUT2D eigenvalue weighted by Crippen LogP contribution is -2.53. The largest absolute Gasteiger partial charge is 0.493 e. The number of carbonyl (C=O) groups excluding carboxylic acids is 2. The Bertz CT molecular complexity index is 2080. The topological polar surface area (TPSA) is 142 Å². The number of halogens is 1. The maximum atomic E-state index is 15.7. The molecule has 51 heavy (non-hydrogen) atoms. The fraction of sp³-hybridized carbons (Fsp3) is 0.528. The number of methoxy groups -OCH3 is 1. The molecule has 4 heterocycles. The summed E-state index contributed by atoms with van der Waals surface area (Å²) in [5.74, 6) is -2.26. The number of ether oxygens (including phenoxy) is 2. The van der Waals surface area contributed by atoms with Crippen LogP contribution >= 0.6 is 0 Å². The van der Waals surface area contributed by atoms with Crippen molar-refractivity contribution in [3.05, 3.63) is 67.8 Å². The van der Waals surface area contributed by atoms with Crippen LogP contribution in [0.3, 0.4) is 0 Å². The second-order valence-corrected chi connectivity index (χ2v) is 15.8. The number of rotatable bonds is 9. The van der Waals surface area contributed by atoms with E-state index in [4.69, 9.17) is 13.9 Å². The second-order valence-electron chi connectivity index (χ2n) is 14.2. The lowest BCUT2D eigenvalue weighted by Gasteiger charge is -2.41. The van der Waals surface area contributed by atoms with Crippen LogP contribution < -0.4 is 20.0 Å². The molecule has 13 nitrogen and oxygen atoms in total. The zero-order valence-corrected chi connectivity index (χ0v) is 30.4. The number of anilines is 1. The third kappa shape index (κ3) is 6.49. The van der Waals surface area contributed by atoms with Gasteiger partial charge < -0.3 is 23.7 Å². The highest BCUT2D eigenvalue weighted by atomic mass is 32.2. The average molecular weight is 726 g/mol. The fourth-order valence-electron chi connectivity index (χ4n) is 7.92. The number of amides is 2. The van der Waals surface area contributed by atoms with Crippen molar-refractivity contribution in [1.82, 2.24) is 18.8 Å². The number of aryl methyl sites for hydroxylation is 2. The quantitative estimate of drug-likeness (QED) is 0.328. The van der Waals surface area contributed by atoms with Crippen LogP contribution in [0.4, 0.5) is 10.1 Å². The Hall–Kier alpha value is -4.05. The summed E-state index contributed by atoms with van der Waals surface area (Å²) >= 11 is 0. The number of nitrogens with one attached hydrogen (secondary N) is 1. The summed E-state index contributed by atoms with van der Waals surface area (Å²) in [6.45, 7) is 9.55. The van der Waals surface area contributed by atoms with Crippen molar-refractivity contribution in [1.29, 1.82) is 0 Å². The van der Waals surface area contributed by atoms with Gasteiger partial charge in [-0.25, -0.2) is 13.9 Å². The number of carbonyl (C=O) groups is 2. The minimum absolute atomic E-state index is 0.0794. The van der Waals surface area contributed by atoms with Gasteiger partial charge in [-0.15, -0.1) is 0 Å². The molecule has 0 radical (unpaired) electrons. The van der Waals surface area contributed by atoms with Gasteiger partial charge >= 0.3 is 15.8 Å². The molecule has 0 bridgehead atoms. The highest BCUT2D eigenvalue weighted by Gasteiger charge is 2.49. The van der Waals surface area contributed by atoms with Crippen molar-refractivity contribution < 1.29 is 36.3 Å². The Morgan fingerprint density at radius 2 is 1.78 bits per heavy atom. The van der Waals surface area contributed by atoms with E-state index >= 15 is 4.39 Å². The van der Waals surface area contributed by atoms with Crippen molar-refractivity contribution in [2.45, 2.75) is 46.2 Å². The average Bonchev–Trinajstić information content (AvgIpc) is 3.70. The molecule has 0 spiro atoms. The molecule has 2 saturated heterocycles. The fourth-order valence-corrected chi connectivity index (χ4v) is 9.17. The molecular weight excluding hydrogens is 681 g/mol. The number of piperazine rings is 1. The zero-order chi connectivity index (χ0) is 36.4. The van der Waals surface area contributed by atoms with Crippen molar-refractivity contribution in [3.63, 3.8) is 0 Å². The Labute approximate surface area is 296 Å². The van der Waals surface area contributed by atoms with Gasteiger partial charge in [-0.1, -0.05) is 0 Å². The summed E-state index contributed by atoms with van der Waals surface area (Å²) in [5, 5.41) is 0.849. The number of fused-ring (bicyclic) bond motifs is 4. The van der Waals surface area contributed by atoms with Gasteiger partial charge in [0.2, 0.25) is 0 Å². The third-order valence-corrected chi connectivity index (χ3v) is 12.3. The highest BCUT2D eigenvalue weighted by molar-refractivity contribution is 7.87. The molecule has 1 aliphatic carbocycles. The molecule has 15 heteroatoms. The maximum absolute atomic E-state index is 15.7. The minimum Gasteiger partial charge on any atom is -0.493 e. The number of benzene rings is 2. The second kappa shape index (κ2) is 13.5. The lowest BCUT2D eigenvalue weighted by molar-refractivity contribution is 0.0726. The molecule has 2 aromatic carbocycles. The Morgan fingerprint density at radius 3 is 2.49 bits per heavy atom. The van der Waals surface area contributed by atoms with E-state index in [1.54, 1.807) is 14.0 Å². The van der Waals surface area contributed by atoms with Crippen LogP contribution in [0.1, 0.15) is 56.3 Å². The predicted molar refractivity (Wildman–Crippen MR) is 188 cm³/mol. The summed E-state index contributed by atoms with van der Waals surface area (Å²) in [6.07, 6.45) is 1.33. The van der Waals surface area contributed by atoms with Crippen LogP contribution in [-0.2, 0) is 27.9 Å². The van der Waals surface area contributed by atoms with E-state index in [2.05, 4.69) is 22.9 Å². The summed E-state index contributed by atoms with van der Waals surface area (Å²) in [6, 6.07) is 4.30. The van der Waals surface area contributed by atoms with E-state index in [0.29, 0.717) is 49.1 Å². The molecule has 3 atom stereocenters. The van der Waals surface area contributed by atoms with Crippen molar-refractivity contribution in [2.75, 3.05) is 71.5 Å². The van der Waals surface area contributed by atoms with Crippen molar-refractivity contribution in [3.8, 4) is 5.75 Å². The standard InChI is InChI=1S/C36H44FN5O8S/c1-6-49-31-14-26(29(37)13-27(31)34(43)38-51(46,47)42-15-22-12-23(22)16-42)35(44)41-8-7-25-28(18-41)36(45)50-33-21(3)30(11-20(2)32(25)33)40-10-9-39(4)24(17-40)19-48-5/h11,13-14,22-24H,6-10,12,15-19H2,1-5H3,(H,38,43)/t22?,23?,24-/m1/s1. The van der Waals surface area contributed by atoms with Gasteiger partial charge in [-0.05, 0) is 81.8 Å². The van der Waals surface area contributed by atoms with Gasteiger partial charge in [0.15, 0.2) is 0 Å². The van der Waals surface area contributed by atoms with E-state index in [1.807, 2.05) is 18.6 Å². The molecule has 4 aliphatic rings. The monoisotopic (exact) mass is 725 g/mol. The number of hydrogen-bond donors (Lipinski definition) is 1. The first-order chi connectivity index (χ1) is 24.3. The maximum Gasteiger partial charge on any atom is 0.341 e. The van der Waals surface area contributed by atoms with Gasteiger partial charge in [0.25, 0.3) is 11.8 Å². The summed E-state index contributed by atoms with van der Waals surface area (Å²) < 4.78 is 61.6. The first-order valence-corrected chi connectivity index (χ1v) is 18.9. The SMILES string of the molecule is CCOc1cc(C(=O)N2CCc3c(c(=O)oc4c(C)c(N5CCN(C)[C@@H](COC)C5)cc(C)c34)C2)c(F)cc1C(=O)NS(=O)(=O)N1CC2CC2C1. The Kier molecular flexibility index (Phi) is 9.35. The van der Waals surface area contributed by atoms with E-state index in [1.165, 1.54) is 9.21 Å². The number of likely N-dealkylation sites (N-methyl/N-ethyl adjacent to an activating group) is 1. The summed E-state index contributed by atoms with van der Waals surface area (Å²) in [7, 11) is -0.346. The molecule has 2 unspecified atom stereocenters. The first kappa shape index (κ1) is 35.4. The number of nitrogens with zero attached hydrogens (tertiary/aromatic N) is 4. The van der Waals surface area contributed by atoms with Crippen LogP contribution in [0.25, 0.3) is 11.0 Å². The van der Waals surface area contributed by atoms with E-state index in [9.17, 15) is 22.8 Å². The lowest BCUT2D eigenvalue weighted by atomic mass is 9.92. The van der Waals surface area contributed by atoms with Gasteiger partial charge in [-0.2, -0.15) is 12.7 Å². The molecule has 3 aromatic rings. The third-order valence-electron chi connectivity index (χ3n) is 10.9. The normalized spacial score (nSPS) is 22.2. The Morgan fingerprint density at radius 1 is 1.04 bits per heavy atom. The van der Waals surface area contributed by atoms with Gasteiger partial charge in [0.1, 0.15) is 17.1 Å². The highest BCUT2D eigenvalue weighted by Crippen LogP contribution is 2.45. The number of hydrogen-bond acceptors (Lipinski definition) is 10. The molecule has 1 saturated carbocycles. The van der Waals surface area contributed by atoms with Gasteiger partial charge in [-0.3, -0.25) is 14.5 Å². The molecular formula is C36H44FN5O8S. The zero-order valence-electron chi connectivity index (χ0n) is 29.6. The van der Waals surface area contributed by atoms with E-state index in [0.717, 1.165) is 66.0 Å². The predicted octanol–water partition coefficient (Wildman–Crippen LogP) is 2.84. The van der Waals surface area contributed by atoms with Crippen LogP contribution in [-0.4, -0.2) is 107 Å². The molecule has 3 fully saturated rings. The molecule has 274 valence electrons. The smallest absolute Gasteiger partial charge is 0.341 e. The first-order valence-electron chi connectivity index (χ1n) is 17.4. The molecule has 2 amide bonds. The number of piperidine rings is 1. The van der Waals surface area contributed by atoms with Crippen LogP contribution in [0.5, 0.6) is 5.75 Å². The molecule has 7 rings (SSSR count). The molecule has 1 N–H and O–H groups in total. The van der Waals surface area contributed by atoms with Crippen molar-refractivity contribution >= 4 is 38.7 Å². The Balaban J connectivity index is 1.14. The van der Waals surface area contributed by atoms with Crippen LogP contribution in [0.15, 0.2) is 27.4 Å². The van der Waals surface area contributed by atoms with E-state index in [-0.39, 0.29) is 42.6 Å². The summed E-state index contributed by atoms with van der Waals surface area (Å²) in [4.78, 5) is 46.4. The van der Waals surface area contributed by atoms with Crippen LogP contribution in [0, 0.1) is 31.5 Å². The molecule has 3 aliphatic heterocycles.